The molecule has 0 saturated carbocycles. The lowest BCUT2D eigenvalue weighted by Gasteiger charge is -2.11. The van der Waals surface area contributed by atoms with E-state index >= 15 is 0 Å². The minimum atomic E-state index is -0.269. The molecule has 0 spiro atoms. The Morgan fingerprint density at radius 3 is 2.56 bits per heavy atom. The van der Waals surface area contributed by atoms with E-state index < -0.39 is 0 Å². The maximum absolute atomic E-state index is 13.1. The number of nitrogens with one attached hydrogen (secondary N) is 1. The quantitative estimate of drug-likeness (QED) is 0.199. The first-order valence-corrected chi connectivity index (χ1v) is 13.3. The molecule has 1 atom stereocenters. The first-order valence-electron chi connectivity index (χ1n) is 11.3. The van der Waals surface area contributed by atoms with Crippen LogP contribution in [0.4, 0.5) is 4.39 Å². The van der Waals surface area contributed by atoms with Gasteiger partial charge in [-0.3, -0.25) is 9.59 Å². The third-order valence-electron chi connectivity index (χ3n) is 5.75. The molecule has 0 aliphatic carbocycles. The predicted octanol–water partition coefficient (Wildman–Crippen LogP) is 7.27. The van der Waals surface area contributed by atoms with E-state index in [2.05, 4.69) is 5.32 Å². The summed E-state index contributed by atoms with van der Waals surface area (Å²) in [6.07, 6.45) is 3.67. The van der Waals surface area contributed by atoms with Gasteiger partial charge < -0.3 is 10.1 Å². The van der Waals surface area contributed by atoms with Crippen LogP contribution in [0, 0.1) is 5.82 Å². The second-order valence-electron chi connectivity index (χ2n) is 8.40. The highest BCUT2D eigenvalue weighted by Crippen LogP contribution is 2.41. The zero-order valence-electron chi connectivity index (χ0n) is 19.2. The summed E-state index contributed by atoms with van der Waals surface area (Å²) in [5.74, 6) is 0.202. The molecule has 1 unspecified atom stereocenters. The van der Waals surface area contributed by atoms with E-state index in [1.807, 2.05) is 36.4 Å². The number of thiophene rings is 2. The number of rotatable bonds is 7. The van der Waals surface area contributed by atoms with Crippen LogP contribution >= 0.6 is 34.3 Å². The summed E-state index contributed by atoms with van der Waals surface area (Å²) in [6.45, 7) is 1.90. The molecule has 8 heteroatoms. The SMILES string of the molecule is CC(=O)c1ccc(-c2cc(Cl)c3c(c2)CC(CNC(=O)C=Cc2ccc(-c4ccc(F)cc4)s2)O3)s1. The van der Waals surface area contributed by atoms with Gasteiger partial charge in [-0.25, -0.2) is 4.39 Å². The highest BCUT2D eigenvalue weighted by molar-refractivity contribution is 7.17. The average Bonchev–Trinajstić information content (AvgIpc) is 3.61. The summed E-state index contributed by atoms with van der Waals surface area (Å²) in [7, 11) is 0. The zero-order chi connectivity index (χ0) is 25.2. The van der Waals surface area contributed by atoms with Crippen molar-refractivity contribution in [1.82, 2.24) is 5.32 Å². The van der Waals surface area contributed by atoms with Crippen molar-refractivity contribution in [3.8, 4) is 26.6 Å². The lowest BCUT2D eigenvalue weighted by Crippen LogP contribution is -2.33. The fourth-order valence-corrected chi connectivity index (χ4v) is 6.06. The van der Waals surface area contributed by atoms with E-state index in [0.29, 0.717) is 28.6 Å². The van der Waals surface area contributed by atoms with Crippen LogP contribution in [0.5, 0.6) is 5.75 Å². The van der Waals surface area contributed by atoms with E-state index in [0.717, 1.165) is 31.3 Å². The van der Waals surface area contributed by atoms with Gasteiger partial charge in [0.25, 0.3) is 0 Å². The lowest BCUT2D eigenvalue weighted by atomic mass is 10.1. The molecule has 1 aliphatic rings. The number of amides is 1. The van der Waals surface area contributed by atoms with Crippen LogP contribution in [-0.2, 0) is 11.2 Å². The number of ether oxygens (including phenoxy) is 1. The van der Waals surface area contributed by atoms with Crippen LogP contribution in [0.2, 0.25) is 5.02 Å². The molecule has 1 amide bonds. The van der Waals surface area contributed by atoms with Crippen molar-refractivity contribution >= 4 is 52.0 Å². The number of fused-ring (bicyclic) bond motifs is 1. The summed E-state index contributed by atoms with van der Waals surface area (Å²) >= 11 is 9.46. The molecular formula is C28H21ClFNO3S2. The highest BCUT2D eigenvalue weighted by atomic mass is 35.5. The molecule has 3 heterocycles. The van der Waals surface area contributed by atoms with Crippen molar-refractivity contribution in [2.24, 2.45) is 0 Å². The Kier molecular flexibility index (Phi) is 7.05. The van der Waals surface area contributed by atoms with Gasteiger partial charge in [0.05, 0.1) is 16.4 Å². The minimum absolute atomic E-state index is 0.0408. The first kappa shape index (κ1) is 24.4. The van der Waals surface area contributed by atoms with Gasteiger partial charge in [-0.2, -0.15) is 0 Å². The standard InChI is InChI=1S/C28H21ClFNO3S2/c1-16(32)24-9-10-26(36-24)18-12-19-13-21(34-28(19)23(29)14-18)15-31-27(33)11-7-22-6-8-25(35-22)17-2-4-20(30)5-3-17/h2-12,14,21H,13,15H2,1H3,(H,31,33). The second-order valence-corrected chi connectivity index (χ2v) is 11.0. The van der Waals surface area contributed by atoms with Gasteiger partial charge in [-0.15, -0.1) is 22.7 Å². The molecule has 5 rings (SSSR count). The molecule has 36 heavy (non-hydrogen) atoms. The van der Waals surface area contributed by atoms with Crippen molar-refractivity contribution in [3.63, 3.8) is 0 Å². The number of halogens is 2. The van der Waals surface area contributed by atoms with Crippen molar-refractivity contribution in [1.29, 1.82) is 0 Å². The number of hydrogen-bond acceptors (Lipinski definition) is 5. The molecule has 1 aliphatic heterocycles. The van der Waals surface area contributed by atoms with E-state index in [9.17, 15) is 14.0 Å². The first-order chi connectivity index (χ1) is 17.4. The lowest BCUT2D eigenvalue weighted by molar-refractivity contribution is -0.116. The molecule has 0 saturated heterocycles. The molecule has 182 valence electrons. The monoisotopic (exact) mass is 537 g/mol. The summed E-state index contributed by atoms with van der Waals surface area (Å²) in [5, 5.41) is 3.41. The minimum Gasteiger partial charge on any atom is -0.486 e. The number of benzene rings is 2. The summed E-state index contributed by atoms with van der Waals surface area (Å²) < 4.78 is 19.1. The Morgan fingerprint density at radius 1 is 1.06 bits per heavy atom. The third-order valence-corrected chi connectivity index (χ3v) is 8.36. The zero-order valence-corrected chi connectivity index (χ0v) is 21.6. The maximum atomic E-state index is 13.1. The number of ketones is 1. The van der Waals surface area contributed by atoms with E-state index in [-0.39, 0.29) is 23.6 Å². The Labute approximate surface area is 221 Å². The Bertz CT molecular complexity index is 1470. The van der Waals surface area contributed by atoms with Gasteiger partial charge in [-0.1, -0.05) is 23.7 Å². The highest BCUT2D eigenvalue weighted by Gasteiger charge is 2.26. The molecule has 4 aromatic rings. The number of carbonyl (C=O) groups is 2. The number of Topliss-reactive ketones (excluding diaryl/α,β-unsaturated/α-hetero) is 1. The third kappa shape index (κ3) is 5.43. The Hall–Kier alpha value is -3.26. The van der Waals surface area contributed by atoms with E-state index in [4.69, 9.17) is 16.3 Å². The van der Waals surface area contributed by atoms with Crippen molar-refractivity contribution in [2.45, 2.75) is 19.4 Å². The summed E-state index contributed by atoms with van der Waals surface area (Å²) in [4.78, 5) is 27.6. The van der Waals surface area contributed by atoms with Crippen LogP contribution in [0.25, 0.3) is 27.0 Å². The fourth-order valence-electron chi connectivity index (χ4n) is 3.97. The molecule has 1 N–H and O–H groups in total. The molecular weight excluding hydrogens is 517 g/mol. The molecule has 0 radical (unpaired) electrons. The largest absolute Gasteiger partial charge is 0.486 e. The van der Waals surface area contributed by atoms with Crippen LogP contribution in [-0.4, -0.2) is 24.3 Å². The second kappa shape index (κ2) is 10.4. The van der Waals surface area contributed by atoms with Gasteiger partial charge in [0.2, 0.25) is 5.91 Å². The van der Waals surface area contributed by atoms with Gasteiger partial charge in [0, 0.05) is 32.7 Å². The summed E-state index contributed by atoms with van der Waals surface area (Å²) in [5.41, 5.74) is 2.86. The smallest absolute Gasteiger partial charge is 0.244 e. The predicted molar refractivity (Wildman–Crippen MR) is 145 cm³/mol. The normalized spacial score (nSPS) is 14.6. The van der Waals surface area contributed by atoms with Crippen LogP contribution < -0.4 is 10.1 Å². The van der Waals surface area contributed by atoms with Crippen LogP contribution in [0.15, 0.2) is 66.7 Å². The van der Waals surface area contributed by atoms with Crippen LogP contribution in [0.1, 0.15) is 27.0 Å². The molecule has 0 fully saturated rings. The fraction of sp³-hybridized carbons (Fsp3) is 0.143. The van der Waals surface area contributed by atoms with E-state index in [1.54, 1.807) is 25.1 Å². The Balaban J connectivity index is 1.17. The molecule has 0 bridgehead atoms. The number of carbonyl (C=O) groups excluding carboxylic acids is 2. The maximum Gasteiger partial charge on any atom is 0.244 e. The molecule has 4 nitrogen and oxygen atoms in total. The van der Waals surface area contributed by atoms with Crippen LogP contribution in [0.3, 0.4) is 0 Å². The van der Waals surface area contributed by atoms with Crippen molar-refractivity contribution in [2.75, 3.05) is 6.54 Å². The Morgan fingerprint density at radius 2 is 1.81 bits per heavy atom. The number of hydrogen-bond donors (Lipinski definition) is 1. The topological polar surface area (TPSA) is 55.4 Å². The summed E-state index contributed by atoms with van der Waals surface area (Å²) in [6, 6.07) is 17.9. The average molecular weight is 538 g/mol. The van der Waals surface area contributed by atoms with Gasteiger partial charge in [-0.05, 0) is 72.7 Å². The van der Waals surface area contributed by atoms with Crippen molar-refractivity contribution < 1.29 is 18.7 Å². The van der Waals surface area contributed by atoms with Crippen molar-refractivity contribution in [3.05, 3.63) is 92.9 Å². The van der Waals surface area contributed by atoms with E-state index in [1.165, 1.54) is 40.9 Å². The van der Waals surface area contributed by atoms with Gasteiger partial charge in [0.15, 0.2) is 5.78 Å². The molecule has 2 aromatic carbocycles. The molecule has 2 aromatic heterocycles. The van der Waals surface area contributed by atoms with Gasteiger partial charge in [0.1, 0.15) is 17.7 Å². The van der Waals surface area contributed by atoms with Gasteiger partial charge >= 0.3 is 0 Å².